The topological polar surface area (TPSA) is 97.1 Å². The second kappa shape index (κ2) is 8.79. The van der Waals surface area contributed by atoms with E-state index in [0.717, 1.165) is 0 Å². The van der Waals surface area contributed by atoms with Gasteiger partial charge in [0, 0.05) is 17.7 Å². The van der Waals surface area contributed by atoms with Crippen molar-refractivity contribution in [1.82, 2.24) is 0 Å². The highest BCUT2D eigenvalue weighted by atomic mass is 19.3. The van der Waals surface area contributed by atoms with Gasteiger partial charge in [-0.15, -0.1) is 0 Å². The highest BCUT2D eigenvalue weighted by molar-refractivity contribution is 5.93. The molecular weight excluding hydrogens is 368 g/mol. The first kappa shape index (κ1) is 19.9. The lowest BCUT2D eigenvalue weighted by Gasteiger charge is -2.14. The van der Waals surface area contributed by atoms with E-state index < -0.39 is 23.3 Å². The van der Waals surface area contributed by atoms with E-state index in [9.17, 15) is 23.7 Å². The number of halogens is 2. The van der Waals surface area contributed by atoms with Gasteiger partial charge in [0.15, 0.2) is 11.5 Å². The van der Waals surface area contributed by atoms with E-state index in [-0.39, 0.29) is 34.9 Å². The summed E-state index contributed by atoms with van der Waals surface area (Å²) in [5.74, 6) is -1.25. The predicted octanol–water partition coefficient (Wildman–Crippen LogP) is 3.57. The molecular formula is C17H15F2NO7. The Morgan fingerprint density at radius 3 is 2.44 bits per heavy atom. The smallest absolute Gasteiger partial charge is 0.387 e. The number of methoxy groups -OCH3 is 2. The number of benzene rings is 2. The fraction of sp³-hybridized carbons (Fsp3) is 0.235. The van der Waals surface area contributed by atoms with E-state index in [1.807, 2.05) is 0 Å². The van der Waals surface area contributed by atoms with E-state index in [1.165, 1.54) is 50.6 Å². The quantitative estimate of drug-likeness (QED) is 0.390. The minimum Gasteiger partial charge on any atom is -0.496 e. The van der Waals surface area contributed by atoms with Crippen LogP contribution in [0.25, 0.3) is 0 Å². The molecule has 144 valence electrons. The van der Waals surface area contributed by atoms with Gasteiger partial charge in [0.25, 0.3) is 5.69 Å². The van der Waals surface area contributed by atoms with Crippen LogP contribution in [0.1, 0.15) is 15.9 Å². The minimum absolute atomic E-state index is 0.0716. The number of nitro groups is 1. The fourth-order valence-electron chi connectivity index (χ4n) is 2.26. The molecule has 0 unspecified atom stereocenters. The van der Waals surface area contributed by atoms with Crippen LogP contribution in [0.4, 0.5) is 14.5 Å². The summed E-state index contributed by atoms with van der Waals surface area (Å²) < 4.78 is 44.7. The molecule has 0 aromatic heterocycles. The molecule has 0 fully saturated rings. The largest absolute Gasteiger partial charge is 0.496 e. The van der Waals surface area contributed by atoms with Gasteiger partial charge < -0.3 is 18.9 Å². The average molecular weight is 383 g/mol. The first-order valence-corrected chi connectivity index (χ1v) is 7.47. The van der Waals surface area contributed by atoms with Gasteiger partial charge in [0.05, 0.1) is 19.1 Å². The highest BCUT2D eigenvalue weighted by Gasteiger charge is 2.22. The van der Waals surface area contributed by atoms with Crippen LogP contribution in [-0.2, 0) is 11.3 Å². The summed E-state index contributed by atoms with van der Waals surface area (Å²) in [6, 6.07) is 7.76. The zero-order valence-electron chi connectivity index (χ0n) is 14.3. The summed E-state index contributed by atoms with van der Waals surface area (Å²) in [5.41, 5.74) is -0.261. The number of hydrogen-bond acceptors (Lipinski definition) is 7. The zero-order valence-corrected chi connectivity index (χ0v) is 14.3. The average Bonchev–Trinajstić information content (AvgIpc) is 2.65. The number of hydrogen-bond donors (Lipinski definition) is 0. The maximum absolute atomic E-state index is 12.6. The van der Waals surface area contributed by atoms with Crippen molar-refractivity contribution in [3.8, 4) is 17.2 Å². The number of ether oxygens (including phenoxy) is 4. The number of nitrogens with zero attached hydrogens (tertiary/aromatic N) is 1. The Kier molecular flexibility index (Phi) is 6.47. The Balaban J connectivity index is 2.26. The molecule has 27 heavy (non-hydrogen) atoms. The third kappa shape index (κ3) is 4.81. The molecule has 2 aromatic carbocycles. The molecule has 0 amide bonds. The van der Waals surface area contributed by atoms with E-state index >= 15 is 0 Å². The second-order valence-electron chi connectivity index (χ2n) is 5.04. The van der Waals surface area contributed by atoms with Gasteiger partial charge in [-0.25, -0.2) is 4.79 Å². The number of rotatable bonds is 8. The Morgan fingerprint density at radius 1 is 1.15 bits per heavy atom. The van der Waals surface area contributed by atoms with Crippen LogP contribution in [0, 0.1) is 10.1 Å². The number of carbonyl (C=O) groups is 1. The van der Waals surface area contributed by atoms with Crippen LogP contribution in [0.2, 0.25) is 0 Å². The Morgan fingerprint density at radius 2 is 1.85 bits per heavy atom. The molecule has 0 N–H and O–H groups in total. The summed E-state index contributed by atoms with van der Waals surface area (Å²) in [5, 5.41) is 10.9. The lowest BCUT2D eigenvalue weighted by atomic mass is 10.1. The van der Waals surface area contributed by atoms with Gasteiger partial charge in [0.1, 0.15) is 17.9 Å². The van der Waals surface area contributed by atoms with Crippen molar-refractivity contribution in [3.63, 3.8) is 0 Å². The monoisotopic (exact) mass is 383 g/mol. The summed E-state index contributed by atoms with van der Waals surface area (Å²) in [4.78, 5) is 22.6. The Bertz CT molecular complexity index is 842. The van der Waals surface area contributed by atoms with Crippen molar-refractivity contribution in [2.45, 2.75) is 13.2 Å². The predicted molar refractivity (Wildman–Crippen MR) is 88.4 cm³/mol. The highest BCUT2D eigenvalue weighted by Crippen LogP contribution is 2.33. The number of para-hydroxylation sites is 1. The molecule has 0 bridgehead atoms. The molecule has 2 rings (SSSR count). The van der Waals surface area contributed by atoms with E-state index in [4.69, 9.17) is 14.2 Å². The maximum atomic E-state index is 12.6. The van der Waals surface area contributed by atoms with Crippen molar-refractivity contribution in [2.24, 2.45) is 0 Å². The molecule has 0 saturated heterocycles. The van der Waals surface area contributed by atoms with Crippen LogP contribution in [0.3, 0.4) is 0 Å². The lowest BCUT2D eigenvalue weighted by Crippen LogP contribution is -2.12. The first-order chi connectivity index (χ1) is 12.9. The van der Waals surface area contributed by atoms with E-state index in [0.29, 0.717) is 0 Å². The van der Waals surface area contributed by atoms with Gasteiger partial charge in [0.2, 0.25) is 0 Å². The SMILES string of the molecule is COc1ccc([N+](=O)[O-])cc1COC(=O)c1cccc(OC)c1OC(F)F. The summed E-state index contributed by atoms with van der Waals surface area (Å²) in [6.07, 6.45) is 0. The van der Waals surface area contributed by atoms with Crippen LogP contribution < -0.4 is 14.2 Å². The van der Waals surface area contributed by atoms with Gasteiger partial charge in [-0.2, -0.15) is 8.78 Å². The third-order valence-electron chi connectivity index (χ3n) is 3.46. The van der Waals surface area contributed by atoms with Gasteiger partial charge in [-0.05, 0) is 18.2 Å². The standard InChI is InChI=1S/C17H15F2NO7/c1-24-13-7-6-11(20(22)23)8-10(13)9-26-16(21)12-4-3-5-14(25-2)15(12)27-17(18)19/h3-8,17H,9H2,1-2H3. The van der Waals surface area contributed by atoms with Gasteiger partial charge >= 0.3 is 12.6 Å². The molecule has 2 aromatic rings. The molecule has 10 heteroatoms. The number of non-ortho nitro benzene ring substituents is 1. The summed E-state index contributed by atoms with van der Waals surface area (Å²) in [7, 11) is 2.58. The van der Waals surface area contributed by atoms with E-state index in [2.05, 4.69) is 4.74 Å². The maximum Gasteiger partial charge on any atom is 0.387 e. The molecule has 0 aliphatic carbocycles. The fourth-order valence-corrected chi connectivity index (χ4v) is 2.26. The van der Waals surface area contributed by atoms with Crippen LogP contribution in [0.5, 0.6) is 17.2 Å². The minimum atomic E-state index is -3.18. The number of alkyl halides is 2. The molecule has 0 spiro atoms. The first-order valence-electron chi connectivity index (χ1n) is 7.47. The Hall–Kier alpha value is -3.43. The number of carbonyl (C=O) groups excluding carboxylic acids is 1. The van der Waals surface area contributed by atoms with Crippen LogP contribution in [0.15, 0.2) is 36.4 Å². The summed E-state index contributed by atoms with van der Waals surface area (Å²) in [6.45, 7) is -3.56. The molecule has 0 radical (unpaired) electrons. The number of esters is 1. The Labute approximate surface area is 152 Å². The summed E-state index contributed by atoms with van der Waals surface area (Å²) >= 11 is 0. The number of nitro benzene ring substituents is 1. The zero-order chi connectivity index (χ0) is 20.0. The van der Waals surface area contributed by atoms with Crippen molar-refractivity contribution < 1.29 is 37.4 Å². The van der Waals surface area contributed by atoms with Crippen molar-refractivity contribution in [3.05, 3.63) is 57.6 Å². The van der Waals surface area contributed by atoms with Crippen molar-refractivity contribution >= 4 is 11.7 Å². The van der Waals surface area contributed by atoms with Crippen LogP contribution >= 0.6 is 0 Å². The molecule has 0 saturated carbocycles. The molecule has 0 aliphatic heterocycles. The third-order valence-corrected chi connectivity index (χ3v) is 3.46. The second-order valence-corrected chi connectivity index (χ2v) is 5.04. The van der Waals surface area contributed by atoms with Gasteiger partial charge in [-0.1, -0.05) is 6.07 Å². The molecule has 0 atom stereocenters. The lowest BCUT2D eigenvalue weighted by molar-refractivity contribution is -0.385. The van der Waals surface area contributed by atoms with Gasteiger partial charge in [-0.3, -0.25) is 10.1 Å². The normalized spacial score (nSPS) is 10.4. The van der Waals surface area contributed by atoms with Crippen molar-refractivity contribution in [1.29, 1.82) is 0 Å². The van der Waals surface area contributed by atoms with E-state index in [1.54, 1.807) is 0 Å². The molecule has 0 heterocycles. The van der Waals surface area contributed by atoms with Crippen molar-refractivity contribution in [2.75, 3.05) is 14.2 Å². The van der Waals surface area contributed by atoms with Crippen LogP contribution in [-0.4, -0.2) is 31.7 Å². The molecule has 0 aliphatic rings. The molecule has 8 nitrogen and oxygen atoms in total.